The van der Waals surface area contributed by atoms with Crippen LogP contribution >= 0.6 is 11.3 Å². The van der Waals surface area contributed by atoms with Gasteiger partial charge in [-0.3, -0.25) is 14.4 Å². The first kappa shape index (κ1) is 18.3. The number of carbonyl (C=O) groups is 3. The fraction of sp³-hybridized carbons (Fsp3) is 0.350. The second-order valence-corrected chi connectivity index (χ2v) is 7.51. The summed E-state index contributed by atoms with van der Waals surface area (Å²) in [4.78, 5) is 42.0. The fourth-order valence-electron chi connectivity index (χ4n) is 3.12. The van der Waals surface area contributed by atoms with Crippen molar-refractivity contribution in [2.45, 2.75) is 45.7 Å². The van der Waals surface area contributed by atoms with Crippen LogP contribution in [-0.2, 0) is 20.9 Å². The Morgan fingerprint density at radius 2 is 1.96 bits per heavy atom. The van der Waals surface area contributed by atoms with Crippen LogP contribution < -0.4 is 4.90 Å². The standard InChI is InChI=1S/C20H22N2O3S/c1-3-5-18(23)21(13-16-6-4-11-26-16)17-12-19(24)22(20(17)25)15-9-7-14(2)8-10-15/h4,6-11,17H,3,5,12-13H2,1-2H3. The van der Waals surface area contributed by atoms with Crippen molar-refractivity contribution in [1.29, 1.82) is 0 Å². The molecule has 0 saturated carbocycles. The first-order valence-corrected chi connectivity index (χ1v) is 9.64. The average Bonchev–Trinajstić information content (AvgIpc) is 3.22. The highest BCUT2D eigenvalue weighted by Gasteiger charge is 2.44. The van der Waals surface area contributed by atoms with E-state index in [0.717, 1.165) is 10.4 Å². The van der Waals surface area contributed by atoms with Crippen LogP contribution in [0.15, 0.2) is 41.8 Å². The van der Waals surface area contributed by atoms with E-state index in [1.807, 2.05) is 43.5 Å². The predicted octanol–water partition coefficient (Wildman–Crippen LogP) is 3.52. The van der Waals surface area contributed by atoms with Gasteiger partial charge in [-0.1, -0.05) is 30.7 Å². The number of hydrogen-bond acceptors (Lipinski definition) is 4. The molecule has 3 rings (SSSR count). The summed E-state index contributed by atoms with van der Waals surface area (Å²) in [7, 11) is 0. The van der Waals surface area contributed by atoms with E-state index in [1.165, 1.54) is 4.90 Å². The maximum atomic E-state index is 13.0. The number of thiophene rings is 1. The van der Waals surface area contributed by atoms with Crippen LogP contribution in [0.3, 0.4) is 0 Å². The summed E-state index contributed by atoms with van der Waals surface area (Å²) in [6.45, 7) is 4.25. The first-order valence-electron chi connectivity index (χ1n) is 8.76. The molecule has 1 atom stereocenters. The lowest BCUT2D eigenvalue weighted by Gasteiger charge is -2.27. The molecule has 1 fully saturated rings. The van der Waals surface area contributed by atoms with E-state index in [9.17, 15) is 14.4 Å². The van der Waals surface area contributed by atoms with Crippen LogP contribution in [0.25, 0.3) is 0 Å². The highest BCUT2D eigenvalue weighted by molar-refractivity contribution is 7.09. The van der Waals surface area contributed by atoms with Gasteiger partial charge in [0.2, 0.25) is 11.8 Å². The zero-order chi connectivity index (χ0) is 18.7. The van der Waals surface area contributed by atoms with Crippen molar-refractivity contribution in [1.82, 2.24) is 4.90 Å². The van der Waals surface area contributed by atoms with Gasteiger partial charge < -0.3 is 4.90 Å². The van der Waals surface area contributed by atoms with Crippen LogP contribution in [0.2, 0.25) is 0 Å². The van der Waals surface area contributed by atoms with E-state index in [0.29, 0.717) is 25.1 Å². The number of benzene rings is 1. The van der Waals surface area contributed by atoms with Gasteiger partial charge in [0.05, 0.1) is 18.7 Å². The van der Waals surface area contributed by atoms with E-state index in [-0.39, 0.29) is 24.1 Å². The number of rotatable bonds is 6. The topological polar surface area (TPSA) is 57.7 Å². The quantitative estimate of drug-likeness (QED) is 0.731. The molecule has 1 saturated heterocycles. The van der Waals surface area contributed by atoms with E-state index >= 15 is 0 Å². The number of aryl methyl sites for hydroxylation is 1. The number of amides is 3. The minimum absolute atomic E-state index is 0.0353. The van der Waals surface area contributed by atoms with Gasteiger partial charge in [0.25, 0.3) is 5.91 Å². The van der Waals surface area contributed by atoms with Crippen molar-refractivity contribution in [3.8, 4) is 0 Å². The third-order valence-electron chi connectivity index (χ3n) is 4.48. The van der Waals surface area contributed by atoms with Crippen molar-refractivity contribution in [2.24, 2.45) is 0 Å². The number of hydrogen-bond donors (Lipinski definition) is 0. The Kier molecular flexibility index (Phi) is 5.52. The minimum Gasteiger partial charge on any atom is -0.325 e. The molecule has 26 heavy (non-hydrogen) atoms. The first-order chi connectivity index (χ1) is 12.5. The highest BCUT2D eigenvalue weighted by atomic mass is 32.1. The third kappa shape index (κ3) is 3.70. The highest BCUT2D eigenvalue weighted by Crippen LogP contribution is 2.28. The summed E-state index contributed by atoms with van der Waals surface area (Å²) in [6.07, 6.45) is 1.11. The van der Waals surface area contributed by atoms with Crippen LogP contribution in [0.4, 0.5) is 5.69 Å². The van der Waals surface area contributed by atoms with Gasteiger partial charge in [-0.05, 0) is 36.9 Å². The molecule has 2 heterocycles. The summed E-state index contributed by atoms with van der Waals surface area (Å²) in [5.41, 5.74) is 1.62. The Labute approximate surface area is 157 Å². The predicted molar refractivity (Wildman–Crippen MR) is 102 cm³/mol. The number of carbonyl (C=O) groups excluding carboxylic acids is 3. The summed E-state index contributed by atoms with van der Waals surface area (Å²) in [5.74, 6) is -0.665. The molecule has 0 bridgehead atoms. The molecule has 1 aliphatic rings. The fourth-order valence-corrected chi connectivity index (χ4v) is 3.83. The third-order valence-corrected chi connectivity index (χ3v) is 5.34. The normalized spacial score (nSPS) is 17.0. The SMILES string of the molecule is CCCC(=O)N(Cc1cccs1)C1CC(=O)N(c2ccc(C)cc2)C1=O. The van der Waals surface area contributed by atoms with Gasteiger partial charge in [0, 0.05) is 11.3 Å². The molecule has 1 unspecified atom stereocenters. The zero-order valence-corrected chi connectivity index (χ0v) is 15.8. The van der Waals surface area contributed by atoms with Gasteiger partial charge in [-0.15, -0.1) is 11.3 Å². The second kappa shape index (κ2) is 7.83. The van der Waals surface area contributed by atoms with Crippen molar-refractivity contribution < 1.29 is 14.4 Å². The molecule has 5 nitrogen and oxygen atoms in total. The molecular formula is C20H22N2O3S. The molecule has 1 aromatic heterocycles. The van der Waals surface area contributed by atoms with Crippen molar-refractivity contribution >= 4 is 34.7 Å². The zero-order valence-electron chi connectivity index (χ0n) is 15.0. The van der Waals surface area contributed by atoms with Gasteiger partial charge in [-0.25, -0.2) is 4.90 Å². The summed E-state index contributed by atoms with van der Waals surface area (Å²) in [5, 5.41) is 1.94. The maximum Gasteiger partial charge on any atom is 0.257 e. The second-order valence-electron chi connectivity index (χ2n) is 6.47. The average molecular weight is 370 g/mol. The van der Waals surface area contributed by atoms with E-state index in [1.54, 1.807) is 28.4 Å². The lowest BCUT2D eigenvalue weighted by atomic mass is 10.1. The Bertz CT molecular complexity index is 799. The van der Waals surface area contributed by atoms with Crippen LogP contribution in [0.1, 0.15) is 36.6 Å². The van der Waals surface area contributed by atoms with E-state index in [4.69, 9.17) is 0 Å². The largest absolute Gasteiger partial charge is 0.325 e. The number of nitrogens with zero attached hydrogens (tertiary/aromatic N) is 2. The Morgan fingerprint density at radius 1 is 1.23 bits per heavy atom. The van der Waals surface area contributed by atoms with Crippen molar-refractivity contribution in [2.75, 3.05) is 4.90 Å². The van der Waals surface area contributed by atoms with Gasteiger partial charge in [-0.2, -0.15) is 0 Å². The molecule has 6 heteroatoms. The van der Waals surface area contributed by atoms with E-state index < -0.39 is 6.04 Å². The Hall–Kier alpha value is -2.47. The molecule has 3 amide bonds. The molecule has 1 aromatic carbocycles. The number of imide groups is 1. The van der Waals surface area contributed by atoms with Gasteiger partial charge >= 0.3 is 0 Å². The molecule has 0 N–H and O–H groups in total. The smallest absolute Gasteiger partial charge is 0.257 e. The van der Waals surface area contributed by atoms with Crippen LogP contribution in [-0.4, -0.2) is 28.7 Å². The summed E-state index contributed by atoms with van der Waals surface area (Å²) < 4.78 is 0. The molecule has 1 aliphatic heterocycles. The Balaban J connectivity index is 1.87. The number of anilines is 1. The maximum absolute atomic E-state index is 13.0. The lowest BCUT2D eigenvalue weighted by molar-refractivity contribution is -0.139. The van der Waals surface area contributed by atoms with Crippen LogP contribution in [0.5, 0.6) is 0 Å². The van der Waals surface area contributed by atoms with Gasteiger partial charge in [0.15, 0.2) is 0 Å². The Morgan fingerprint density at radius 3 is 2.58 bits per heavy atom. The summed E-state index contributed by atoms with van der Waals surface area (Å²) in [6, 6.07) is 10.4. The summed E-state index contributed by atoms with van der Waals surface area (Å²) >= 11 is 1.54. The van der Waals surface area contributed by atoms with Crippen LogP contribution in [0, 0.1) is 6.92 Å². The van der Waals surface area contributed by atoms with E-state index in [2.05, 4.69) is 0 Å². The molecule has 0 spiro atoms. The molecule has 2 aromatic rings. The molecule has 0 aliphatic carbocycles. The molecular weight excluding hydrogens is 348 g/mol. The van der Waals surface area contributed by atoms with Gasteiger partial charge in [0.1, 0.15) is 6.04 Å². The van der Waals surface area contributed by atoms with Crippen molar-refractivity contribution in [3.05, 3.63) is 52.2 Å². The molecule has 0 radical (unpaired) electrons. The lowest BCUT2D eigenvalue weighted by Crippen LogP contribution is -2.44. The van der Waals surface area contributed by atoms with Crippen molar-refractivity contribution in [3.63, 3.8) is 0 Å². The minimum atomic E-state index is -0.732. The molecule has 136 valence electrons. The monoisotopic (exact) mass is 370 g/mol.